The third kappa shape index (κ3) is 35.1. The topological polar surface area (TPSA) is 121 Å². The molecule has 0 aromatic heterocycles. The van der Waals surface area contributed by atoms with Crippen LogP contribution in [0.2, 0.25) is 0 Å². The number of hydrogen-bond acceptors (Lipinski definition) is 8. The van der Waals surface area contributed by atoms with Crippen molar-refractivity contribution >= 4 is 19.8 Å². The van der Waals surface area contributed by atoms with Crippen molar-refractivity contribution in [1.82, 2.24) is 0 Å². The van der Waals surface area contributed by atoms with Gasteiger partial charge in [-0.05, 0) is 83.5 Å². The van der Waals surface area contributed by atoms with Crippen LogP contribution in [0.5, 0.6) is 0 Å². The molecule has 1 aliphatic rings. The zero-order valence-corrected chi connectivity index (χ0v) is 37.1. The predicted molar refractivity (Wildman–Crippen MR) is 233 cm³/mol. The van der Waals surface area contributed by atoms with Gasteiger partial charge in [0.2, 0.25) is 0 Å². The van der Waals surface area contributed by atoms with Gasteiger partial charge in [0.25, 0.3) is 0 Å². The fraction of sp³-hybridized carbons (Fsp3) is 0.696. The van der Waals surface area contributed by atoms with E-state index >= 15 is 0 Å². The molecule has 0 radical (unpaired) electrons. The van der Waals surface area contributed by atoms with E-state index in [9.17, 15) is 19.0 Å². The Kier molecular flexibility index (Phi) is 31.5. The zero-order valence-electron chi connectivity index (χ0n) is 36.2. The minimum absolute atomic E-state index is 0.0102. The van der Waals surface area contributed by atoms with Crippen LogP contribution in [0, 0.1) is 0 Å². The number of carbonyl (C=O) groups excluding carboxylic acids is 2. The molecule has 1 heterocycles. The van der Waals surface area contributed by atoms with Crippen molar-refractivity contribution in [2.45, 2.75) is 161 Å². The predicted octanol–water partition coefficient (Wildman–Crippen LogP) is 11.2. The zero-order chi connectivity index (χ0) is 41.9. The van der Waals surface area contributed by atoms with Crippen molar-refractivity contribution < 1.29 is 46.8 Å². The number of likely N-dealkylation sites (N-methyl/N-ethyl adjacent to an activating group) is 1. The van der Waals surface area contributed by atoms with Gasteiger partial charge in [-0.25, -0.2) is 4.57 Å². The summed E-state index contributed by atoms with van der Waals surface area (Å²) >= 11 is 0. The Morgan fingerprint density at radius 1 is 0.649 bits per heavy atom. The second-order valence-corrected chi connectivity index (χ2v) is 17.2. The van der Waals surface area contributed by atoms with Gasteiger partial charge in [0, 0.05) is 12.8 Å². The average molecular weight is 821 g/mol. The summed E-state index contributed by atoms with van der Waals surface area (Å²) in [6.45, 7) is 4.22. The van der Waals surface area contributed by atoms with Crippen LogP contribution < -0.4 is 0 Å². The van der Waals surface area contributed by atoms with Crippen LogP contribution in [-0.2, 0) is 37.4 Å². The van der Waals surface area contributed by atoms with Crippen LogP contribution in [-0.4, -0.2) is 87.1 Å². The Morgan fingerprint density at radius 2 is 1.18 bits per heavy atom. The molecule has 1 fully saturated rings. The fourth-order valence-electron chi connectivity index (χ4n) is 5.58. The summed E-state index contributed by atoms with van der Waals surface area (Å²) in [5.74, 6) is -0.922. The van der Waals surface area contributed by atoms with E-state index in [1.165, 1.54) is 44.9 Å². The maximum atomic E-state index is 12.7. The van der Waals surface area contributed by atoms with E-state index in [4.69, 9.17) is 23.3 Å². The standard InChI is InChI=1S/C46H78NO9P/c1-6-8-10-11-12-13-14-15-16-17-18-23-26-29-33-37-46(49)55-42(41-54-57(50,51)53-39-38-47(3,4)5)40-52-45(48)36-32-28-25-22-20-19-21-24-27-31-35-44-43(56-44)34-30-9-7-2/h12-13,15-16,18-19,21-23,25,27,31,42-44H,6-11,14,17,20,24,26,28-30,32-41H2,1-5H3/p+1/b13-12-,16-15-,21-19-,23-18-,25-22-,31-27-/t42-,43?,44?/m1/s1. The van der Waals surface area contributed by atoms with E-state index in [-0.39, 0.29) is 26.1 Å². The lowest BCUT2D eigenvalue weighted by atomic mass is 10.1. The van der Waals surface area contributed by atoms with Crippen molar-refractivity contribution in [2.75, 3.05) is 47.5 Å². The lowest BCUT2D eigenvalue weighted by Crippen LogP contribution is -2.37. The Bertz CT molecular complexity index is 1270. The molecule has 0 aromatic carbocycles. The van der Waals surface area contributed by atoms with Crippen molar-refractivity contribution in [1.29, 1.82) is 0 Å². The number of ether oxygens (including phenoxy) is 3. The number of allylic oxidation sites excluding steroid dienone is 11. The van der Waals surface area contributed by atoms with Gasteiger partial charge in [-0.2, -0.15) is 0 Å². The molecule has 0 bridgehead atoms. The summed E-state index contributed by atoms with van der Waals surface area (Å²) in [4.78, 5) is 35.3. The van der Waals surface area contributed by atoms with Crippen LogP contribution in [0.15, 0.2) is 72.9 Å². The molecule has 0 spiro atoms. The third-order valence-electron chi connectivity index (χ3n) is 9.13. The summed E-state index contributed by atoms with van der Waals surface area (Å²) in [6, 6.07) is 0. The molecular formula is C46H79NO9P+. The van der Waals surface area contributed by atoms with Gasteiger partial charge in [0.1, 0.15) is 19.8 Å². The molecule has 3 unspecified atom stereocenters. The first-order valence-electron chi connectivity index (χ1n) is 21.8. The Labute approximate surface area is 346 Å². The lowest BCUT2D eigenvalue weighted by Gasteiger charge is -2.24. The van der Waals surface area contributed by atoms with Gasteiger partial charge >= 0.3 is 19.8 Å². The van der Waals surface area contributed by atoms with Gasteiger partial charge in [-0.3, -0.25) is 18.6 Å². The fourth-order valence-corrected chi connectivity index (χ4v) is 6.32. The molecular weight excluding hydrogens is 741 g/mol. The molecule has 326 valence electrons. The maximum Gasteiger partial charge on any atom is 0.472 e. The van der Waals surface area contributed by atoms with Gasteiger partial charge in [0.05, 0.1) is 40.0 Å². The van der Waals surface area contributed by atoms with E-state index < -0.39 is 32.5 Å². The number of phosphoric acid groups is 1. The van der Waals surface area contributed by atoms with Crippen molar-refractivity contribution in [3.8, 4) is 0 Å². The van der Waals surface area contributed by atoms with Crippen molar-refractivity contribution in [3.05, 3.63) is 72.9 Å². The molecule has 11 heteroatoms. The first-order chi connectivity index (χ1) is 27.5. The van der Waals surface area contributed by atoms with E-state index in [1.807, 2.05) is 21.1 Å². The molecule has 10 nitrogen and oxygen atoms in total. The molecule has 0 amide bonds. The number of nitrogens with zero attached hydrogens (tertiary/aromatic N) is 1. The molecule has 1 N–H and O–H groups in total. The van der Waals surface area contributed by atoms with Crippen molar-refractivity contribution in [3.63, 3.8) is 0 Å². The minimum Gasteiger partial charge on any atom is -0.462 e. The molecule has 1 saturated heterocycles. The number of unbranched alkanes of at least 4 members (excludes halogenated alkanes) is 8. The number of quaternary nitrogens is 1. The molecule has 1 rings (SSSR count). The Balaban J connectivity index is 2.36. The van der Waals surface area contributed by atoms with Crippen LogP contribution in [0.25, 0.3) is 0 Å². The molecule has 0 saturated carbocycles. The van der Waals surface area contributed by atoms with E-state index in [0.29, 0.717) is 36.1 Å². The molecule has 1 aliphatic heterocycles. The van der Waals surface area contributed by atoms with Crippen LogP contribution in [0.4, 0.5) is 0 Å². The smallest absolute Gasteiger partial charge is 0.462 e. The van der Waals surface area contributed by atoms with Gasteiger partial charge in [0.15, 0.2) is 6.10 Å². The first-order valence-corrected chi connectivity index (χ1v) is 23.3. The van der Waals surface area contributed by atoms with Crippen LogP contribution in [0.1, 0.15) is 142 Å². The van der Waals surface area contributed by atoms with E-state index in [1.54, 1.807) is 0 Å². The Hall–Kier alpha value is -2.59. The van der Waals surface area contributed by atoms with Crippen LogP contribution >= 0.6 is 7.82 Å². The highest BCUT2D eigenvalue weighted by Crippen LogP contribution is 2.43. The summed E-state index contributed by atoms with van der Waals surface area (Å²) in [7, 11) is 1.40. The molecule has 0 aliphatic carbocycles. The largest absolute Gasteiger partial charge is 0.472 e. The summed E-state index contributed by atoms with van der Waals surface area (Å²) in [6.07, 6.45) is 44.2. The van der Waals surface area contributed by atoms with Crippen LogP contribution in [0.3, 0.4) is 0 Å². The maximum absolute atomic E-state index is 12.7. The monoisotopic (exact) mass is 821 g/mol. The number of carbonyl (C=O) groups is 2. The number of epoxide rings is 1. The summed E-state index contributed by atoms with van der Waals surface area (Å²) < 4.78 is 39.9. The number of phosphoric ester groups is 1. The minimum atomic E-state index is -4.40. The molecule has 0 aromatic rings. The first kappa shape index (κ1) is 52.4. The highest BCUT2D eigenvalue weighted by Gasteiger charge is 2.36. The highest BCUT2D eigenvalue weighted by atomic mass is 31.2. The second kappa shape index (κ2) is 34.3. The quantitative estimate of drug-likeness (QED) is 0.0163. The number of hydrogen-bond donors (Lipinski definition) is 1. The van der Waals surface area contributed by atoms with Gasteiger partial charge < -0.3 is 23.6 Å². The van der Waals surface area contributed by atoms with Gasteiger partial charge in [-0.15, -0.1) is 0 Å². The number of esters is 2. The van der Waals surface area contributed by atoms with E-state index in [2.05, 4.69) is 86.8 Å². The summed E-state index contributed by atoms with van der Waals surface area (Å²) in [5.41, 5.74) is 0. The lowest BCUT2D eigenvalue weighted by molar-refractivity contribution is -0.870. The molecule has 4 atom stereocenters. The molecule has 57 heavy (non-hydrogen) atoms. The second-order valence-electron chi connectivity index (χ2n) is 15.8. The Morgan fingerprint density at radius 3 is 1.77 bits per heavy atom. The summed E-state index contributed by atoms with van der Waals surface area (Å²) in [5, 5.41) is 0. The SMILES string of the molecule is CCCCC/C=C\C/C=C\C/C=C\CCCCC(=O)O[C@H](COC(=O)CCC/C=C\C/C=C\C/C=C\CC1OC1CCCCC)COP(=O)(O)OCC[N+](C)(C)C. The van der Waals surface area contributed by atoms with Gasteiger partial charge in [-0.1, -0.05) is 119 Å². The third-order valence-corrected chi connectivity index (χ3v) is 10.1. The normalized spacial score (nSPS) is 17.9. The van der Waals surface area contributed by atoms with Crippen molar-refractivity contribution in [2.24, 2.45) is 0 Å². The number of rotatable bonds is 37. The van der Waals surface area contributed by atoms with E-state index in [0.717, 1.165) is 57.8 Å². The average Bonchev–Trinajstić information content (AvgIpc) is 3.91. The highest BCUT2D eigenvalue weighted by molar-refractivity contribution is 7.47.